The first-order valence-electron chi connectivity index (χ1n) is 12.7. The highest BCUT2D eigenvalue weighted by Gasteiger charge is 2.65. The first-order chi connectivity index (χ1) is 17.0. The van der Waals surface area contributed by atoms with Crippen LogP contribution in [0.1, 0.15) is 79.6 Å². The van der Waals surface area contributed by atoms with E-state index in [1.165, 1.54) is 52.1 Å². The van der Waals surface area contributed by atoms with Crippen LogP contribution in [0.5, 0.6) is 0 Å². The van der Waals surface area contributed by atoms with E-state index >= 15 is 0 Å². The van der Waals surface area contributed by atoms with E-state index in [0.717, 1.165) is 30.6 Å². The van der Waals surface area contributed by atoms with Crippen molar-refractivity contribution < 1.29 is 24.2 Å². The fraction of sp³-hybridized carbons (Fsp3) is 0.724. The molecule has 0 bridgehead atoms. The molecule has 2 saturated carbocycles. The molecule has 1 heterocycles. The number of nitrogens with one attached hydrogen (secondary N) is 1. The number of alkyl carbamates (subject to hydrolysis) is 1. The molecule has 0 aromatic rings. The zero-order valence-corrected chi connectivity index (χ0v) is 23.3. The van der Waals surface area contributed by atoms with Crippen molar-refractivity contribution in [3.8, 4) is 25.7 Å². The minimum Gasteiger partial charge on any atom is -0.516 e. The predicted molar refractivity (Wildman–Crippen MR) is 147 cm³/mol. The largest absolute Gasteiger partial charge is 0.516 e. The zero-order valence-electron chi connectivity index (χ0n) is 23.3. The highest BCUT2D eigenvalue weighted by atomic mass is 16.6. The zero-order chi connectivity index (χ0) is 28.5. The number of aliphatic hydroxyl groups excluding tert-OH is 1. The van der Waals surface area contributed by atoms with E-state index in [0.29, 0.717) is 11.0 Å². The van der Waals surface area contributed by atoms with Crippen LogP contribution in [-0.2, 0) is 14.3 Å². The van der Waals surface area contributed by atoms with Gasteiger partial charge in [-0.05, 0) is 54.8 Å². The van der Waals surface area contributed by atoms with Gasteiger partial charge >= 0.3 is 6.09 Å². The smallest absolute Gasteiger partial charge is 0.407 e. The number of primary amides is 1. The van der Waals surface area contributed by atoms with E-state index in [4.69, 9.17) is 15.6 Å². The van der Waals surface area contributed by atoms with E-state index in [1.807, 2.05) is 0 Å². The maximum Gasteiger partial charge on any atom is 0.407 e. The quantitative estimate of drug-likeness (QED) is 0.241. The van der Waals surface area contributed by atoms with Crippen LogP contribution >= 0.6 is 0 Å². The van der Waals surface area contributed by atoms with Crippen LogP contribution in [0.3, 0.4) is 0 Å². The molecular weight excluding hydrogens is 456 g/mol. The molecule has 0 aromatic heterocycles. The lowest BCUT2D eigenvalue weighted by molar-refractivity contribution is -0.120. The second kappa shape index (κ2) is 17.7. The molecule has 206 valence electrons. The molecule has 0 aromatic carbocycles. The summed E-state index contributed by atoms with van der Waals surface area (Å²) in [6.45, 7) is 14.8. The number of hydrogen-bond donors (Lipinski definition) is 3. The molecule has 3 rings (SSSR count). The van der Waals surface area contributed by atoms with Crippen molar-refractivity contribution in [1.29, 1.82) is 0 Å². The number of epoxide rings is 1. The molecule has 1 spiro atoms. The van der Waals surface area contributed by atoms with Gasteiger partial charge in [-0.2, -0.15) is 0 Å². The van der Waals surface area contributed by atoms with Crippen molar-refractivity contribution in [1.82, 2.24) is 5.32 Å². The van der Waals surface area contributed by atoms with E-state index in [9.17, 15) is 9.59 Å². The van der Waals surface area contributed by atoms with Gasteiger partial charge in [-0.15, -0.1) is 25.7 Å². The summed E-state index contributed by atoms with van der Waals surface area (Å²) in [6.07, 6.45) is 26.1. The summed E-state index contributed by atoms with van der Waals surface area (Å²) in [7, 11) is 1.23. The van der Waals surface area contributed by atoms with Crippen molar-refractivity contribution in [3.63, 3.8) is 0 Å². The number of hydrogen-bond acceptors (Lipinski definition) is 5. The Morgan fingerprint density at radius 2 is 1.75 bits per heavy atom. The summed E-state index contributed by atoms with van der Waals surface area (Å²) in [5.41, 5.74) is 6.04. The monoisotopic (exact) mass is 506 g/mol. The van der Waals surface area contributed by atoms with Crippen molar-refractivity contribution >= 4 is 12.0 Å². The van der Waals surface area contributed by atoms with E-state index in [2.05, 4.69) is 63.1 Å². The summed E-state index contributed by atoms with van der Waals surface area (Å²) in [5.74, 6) is 2.17. The van der Waals surface area contributed by atoms with Gasteiger partial charge in [0, 0.05) is 0 Å². The van der Waals surface area contributed by atoms with Crippen molar-refractivity contribution in [2.75, 3.05) is 13.7 Å². The molecule has 1 aliphatic heterocycles. The second-order valence-corrected chi connectivity index (χ2v) is 10.5. The summed E-state index contributed by atoms with van der Waals surface area (Å²) < 4.78 is 10.2. The lowest BCUT2D eigenvalue weighted by atomic mass is 9.70. The van der Waals surface area contributed by atoms with Crippen molar-refractivity contribution in [2.45, 2.75) is 91.2 Å². The Bertz CT molecular complexity index is 690. The van der Waals surface area contributed by atoms with Crippen LogP contribution in [-0.4, -0.2) is 42.5 Å². The lowest BCUT2D eigenvalue weighted by Crippen LogP contribution is -2.47. The van der Waals surface area contributed by atoms with E-state index < -0.39 is 18.0 Å². The average molecular weight is 507 g/mol. The highest BCUT2D eigenvalue weighted by Crippen LogP contribution is 2.67. The van der Waals surface area contributed by atoms with Gasteiger partial charge < -0.3 is 25.6 Å². The SMILES string of the molecule is C#C.C#C.C=CO.CC(C)CC[C@H]1C[C@]1(C)C1CCCC[C@]12CO2.COC(=O)N[C@@H](C(N)=O)C(C)C. The molecule has 1 saturated heterocycles. The molecule has 7 heteroatoms. The number of methoxy groups -OCH3 is 1. The van der Waals surface area contributed by atoms with Gasteiger partial charge in [-0.25, -0.2) is 4.79 Å². The molecule has 2 aliphatic carbocycles. The minimum absolute atomic E-state index is 0.0402. The Morgan fingerprint density at radius 3 is 2.14 bits per heavy atom. The molecular formula is C29H50N2O5. The van der Waals surface area contributed by atoms with Gasteiger partial charge in [-0.1, -0.05) is 60.5 Å². The van der Waals surface area contributed by atoms with Crippen LogP contribution in [0.15, 0.2) is 12.8 Å². The van der Waals surface area contributed by atoms with E-state index in [1.54, 1.807) is 13.8 Å². The van der Waals surface area contributed by atoms with Crippen molar-refractivity contribution in [3.05, 3.63) is 12.8 Å². The number of nitrogens with two attached hydrogens (primary N) is 1. The third kappa shape index (κ3) is 11.4. The number of terminal acetylenes is 2. The molecule has 7 nitrogen and oxygen atoms in total. The fourth-order valence-electron chi connectivity index (χ4n) is 5.20. The van der Waals surface area contributed by atoms with Crippen LogP contribution in [0.25, 0.3) is 0 Å². The molecule has 3 aliphatic rings. The molecule has 36 heavy (non-hydrogen) atoms. The number of amides is 2. The Labute approximate surface area is 220 Å². The summed E-state index contributed by atoms with van der Waals surface area (Å²) in [4.78, 5) is 21.4. The van der Waals surface area contributed by atoms with Crippen LogP contribution < -0.4 is 11.1 Å². The second-order valence-electron chi connectivity index (χ2n) is 10.5. The van der Waals surface area contributed by atoms with E-state index in [-0.39, 0.29) is 5.92 Å². The maximum absolute atomic E-state index is 10.7. The molecule has 1 unspecified atom stereocenters. The van der Waals surface area contributed by atoms with Gasteiger partial charge in [0.1, 0.15) is 6.04 Å². The Hall–Kier alpha value is -2.64. The Balaban J connectivity index is 0. The summed E-state index contributed by atoms with van der Waals surface area (Å²) >= 11 is 0. The van der Waals surface area contributed by atoms with Crippen LogP contribution in [0.4, 0.5) is 4.79 Å². The minimum atomic E-state index is -0.669. The standard InChI is InChI=1S/C16H28O.C7H14N2O3.C2H4O.2C2H2/c1-12(2)7-8-13-10-15(13,3)14-6-4-5-9-16(14)11-17-16;1-4(2)5(6(8)10)9-7(11)12-3;1-2-3;2*1-2/h12-14H,4-11H2,1-3H3;4-5H,1-3H3,(H2,8,10)(H,9,11);2-3H,1H2;2*1-2H/t13-,14?,15-,16-;5-;;;/m01.../s1. The predicted octanol–water partition coefficient (Wildman–Crippen LogP) is 5.45. The first-order valence-corrected chi connectivity index (χ1v) is 12.7. The molecule has 4 N–H and O–H groups in total. The molecule has 5 atom stereocenters. The number of rotatable bonds is 7. The third-order valence-electron chi connectivity index (χ3n) is 7.27. The van der Waals surface area contributed by atoms with Gasteiger partial charge in [-0.3, -0.25) is 4.79 Å². The molecule has 2 amide bonds. The van der Waals surface area contributed by atoms with Gasteiger partial charge in [0.15, 0.2) is 0 Å². The number of carbonyl (C=O) groups excluding carboxylic acids is 2. The summed E-state index contributed by atoms with van der Waals surface area (Å²) in [6, 6.07) is -0.669. The van der Waals surface area contributed by atoms with Gasteiger partial charge in [0.05, 0.1) is 25.6 Å². The highest BCUT2D eigenvalue weighted by molar-refractivity contribution is 5.84. The number of carbonyl (C=O) groups is 2. The topological polar surface area (TPSA) is 114 Å². The van der Waals surface area contributed by atoms with Gasteiger partial charge in [0.2, 0.25) is 5.91 Å². The average Bonchev–Trinajstić information content (AvgIpc) is 3.77. The summed E-state index contributed by atoms with van der Waals surface area (Å²) in [5, 5.41) is 9.66. The first kappa shape index (κ1) is 35.5. The van der Waals surface area contributed by atoms with Crippen molar-refractivity contribution in [2.24, 2.45) is 34.8 Å². The normalized spacial score (nSPS) is 27.6. The van der Waals surface area contributed by atoms with Gasteiger partial charge in [0.25, 0.3) is 0 Å². The molecule has 0 radical (unpaired) electrons. The van der Waals surface area contributed by atoms with Crippen LogP contribution in [0, 0.1) is 54.8 Å². The third-order valence-corrected chi connectivity index (χ3v) is 7.27. The fourth-order valence-corrected chi connectivity index (χ4v) is 5.20. The molecule has 3 fully saturated rings. The lowest BCUT2D eigenvalue weighted by Gasteiger charge is -2.35. The Morgan fingerprint density at radius 1 is 1.22 bits per heavy atom. The Kier molecular flexibility index (Phi) is 17.5. The van der Waals surface area contributed by atoms with Crippen LogP contribution in [0.2, 0.25) is 0 Å². The number of aliphatic hydroxyl groups is 1. The number of ether oxygens (including phenoxy) is 2. The maximum atomic E-state index is 10.7.